The van der Waals surface area contributed by atoms with Crippen LogP contribution in [0.2, 0.25) is 5.02 Å². The minimum Gasteiger partial charge on any atom is -0.336 e. The number of nitrogens with zero attached hydrogens (tertiary/aromatic N) is 3. The van der Waals surface area contributed by atoms with E-state index in [1.54, 1.807) is 25.3 Å². The molecule has 2 amide bonds. The van der Waals surface area contributed by atoms with Crippen LogP contribution in [0, 0.1) is 0 Å². The minimum atomic E-state index is -0.194. The monoisotopic (exact) mass is 389 g/mol. The third kappa shape index (κ3) is 3.97. The van der Waals surface area contributed by atoms with Crippen molar-refractivity contribution in [1.29, 1.82) is 0 Å². The maximum absolute atomic E-state index is 12.8. The molecule has 1 atom stereocenters. The molecule has 0 unspecified atom stereocenters. The summed E-state index contributed by atoms with van der Waals surface area (Å²) >= 11 is 7.60. The highest BCUT2D eigenvalue weighted by Crippen LogP contribution is 2.34. The molecular formula is C19H20ClN3O2S. The Hall–Kier alpha value is -2.18. The standard InChI is InChI=1S/C19H20ClN3O2S/c1-3-18(24)22(2)12-19(25)23-16(13-6-8-14(20)9-7-13)11-15(21-23)17-5-4-10-26-17/h4-10,16H,3,11-12H2,1-2H3/t16-/m0/s1. The molecule has 0 fully saturated rings. The molecule has 136 valence electrons. The number of carbonyl (C=O) groups excluding carboxylic acids is 2. The predicted octanol–water partition coefficient (Wildman–Crippen LogP) is 3.95. The van der Waals surface area contributed by atoms with E-state index in [1.165, 1.54) is 9.91 Å². The number of carbonyl (C=O) groups is 2. The van der Waals surface area contributed by atoms with Gasteiger partial charge < -0.3 is 4.90 Å². The van der Waals surface area contributed by atoms with Crippen LogP contribution in [0.5, 0.6) is 0 Å². The highest BCUT2D eigenvalue weighted by atomic mass is 35.5. The Morgan fingerprint density at radius 3 is 2.65 bits per heavy atom. The molecule has 1 aromatic heterocycles. The molecule has 7 heteroatoms. The van der Waals surface area contributed by atoms with Gasteiger partial charge in [0.15, 0.2) is 0 Å². The van der Waals surface area contributed by atoms with Crippen LogP contribution in [0.25, 0.3) is 0 Å². The van der Waals surface area contributed by atoms with E-state index in [1.807, 2.05) is 41.8 Å². The predicted molar refractivity (Wildman–Crippen MR) is 104 cm³/mol. The Kier molecular flexibility index (Phi) is 5.74. The molecule has 0 saturated carbocycles. The summed E-state index contributed by atoms with van der Waals surface area (Å²) in [6.07, 6.45) is 1.01. The Bertz CT molecular complexity index is 818. The van der Waals surface area contributed by atoms with Crippen molar-refractivity contribution in [3.8, 4) is 0 Å². The van der Waals surface area contributed by atoms with Crippen molar-refractivity contribution in [1.82, 2.24) is 9.91 Å². The van der Waals surface area contributed by atoms with Crippen molar-refractivity contribution in [3.05, 3.63) is 57.2 Å². The van der Waals surface area contributed by atoms with Gasteiger partial charge in [-0.2, -0.15) is 5.10 Å². The Morgan fingerprint density at radius 1 is 1.31 bits per heavy atom. The van der Waals surface area contributed by atoms with E-state index in [-0.39, 0.29) is 24.4 Å². The number of amides is 2. The lowest BCUT2D eigenvalue weighted by Crippen LogP contribution is -2.38. The van der Waals surface area contributed by atoms with Gasteiger partial charge in [-0.3, -0.25) is 9.59 Å². The normalized spacial score (nSPS) is 16.5. The molecule has 1 aliphatic rings. The Balaban J connectivity index is 1.86. The number of hydrogen-bond donors (Lipinski definition) is 0. The summed E-state index contributed by atoms with van der Waals surface area (Å²) in [4.78, 5) is 27.2. The number of rotatable bonds is 5. The molecule has 0 radical (unpaired) electrons. The molecule has 26 heavy (non-hydrogen) atoms. The van der Waals surface area contributed by atoms with Crippen molar-refractivity contribution in [2.75, 3.05) is 13.6 Å². The third-order valence-electron chi connectivity index (χ3n) is 4.33. The van der Waals surface area contributed by atoms with Crippen molar-refractivity contribution < 1.29 is 9.59 Å². The summed E-state index contributed by atoms with van der Waals surface area (Å²) in [5.41, 5.74) is 1.86. The van der Waals surface area contributed by atoms with Crippen LogP contribution < -0.4 is 0 Å². The van der Waals surface area contributed by atoms with Gasteiger partial charge in [0.2, 0.25) is 5.91 Å². The first-order chi connectivity index (χ1) is 12.5. The molecule has 0 N–H and O–H groups in total. The second-order valence-corrected chi connectivity index (χ2v) is 7.52. The van der Waals surface area contributed by atoms with E-state index in [9.17, 15) is 9.59 Å². The lowest BCUT2D eigenvalue weighted by Gasteiger charge is -2.24. The lowest BCUT2D eigenvalue weighted by atomic mass is 10.0. The summed E-state index contributed by atoms with van der Waals surface area (Å²) in [5.74, 6) is -0.260. The van der Waals surface area contributed by atoms with Gasteiger partial charge in [-0.15, -0.1) is 11.3 Å². The highest BCUT2D eigenvalue weighted by Gasteiger charge is 2.34. The molecule has 0 aliphatic carbocycles. The van der Waals surface area contributed by atoms with Crippen LogP contribution in [-0.2, 0) is 9.59 Å². The van der Waals surface area contributed by atoms with Gasteiger partial charge in [0.1, 0.15) is 6.54 Å². The first-order valence-corrected chi connectivity index (χ1v) is 9.68. The molecule has 1 aromatic carbocycles. The summed E-state index contributed by atoms with van der Waals surface area (Å²) in [7, 11) is 1.64. The SMILES string of the molecule is CCC(=O)N(C)CC(=O)N1N=C(c2cccs2)C[C@H]1c1ccc(Cl)cc1. The molecule has 0 bridgehead atoms. The zero-order valence-electron chi connectivity index (χ0n) is 14.7. The first-order valence-electron chi connectivity index (χ1n) is 8.42. The summed E-state index contributed by atoms with van der Waals surface area (Å²) in [5, 5.41) is 8.74. The molecule has 1 aliphatic heterocycles. The molecule has 5 nitrogen and oxygen atoms in total. The molecular weight excluding hydrogens is 370 g/mol. The van der Waals surface area contributed by atoms with Gasteiger partial charge in [-0.05, 0) is 29.1 Å². The van der Waals surface area contributed by atoms with Crippen molar-refractivity contribution >= 4 is 40.5 Å². The second kappa shape index (κ2) is 8.01. The first kappa shape index (κ1) is 18.6. The summed E-state index contributed by atoms with van der Waals surface area (Å²) < 4.78 is 0. The lowest BCUT2D eigenvalue weighted by molar-refractivity contribution is -0.140. The summed E-state index contributed by atoms with van der Waals surface area (Å²) in [6, 6.07) is 11.2. The number of hydrazone groups is 1. The molecule has 2 heterocycles. The van der Waals surface area contributed by atoms with Crippen LogP contribution in [0.15, 0.2) is 46.9 Å². The average Bonchev–Trinajstić information content (AvgIpc) is 3.31. The smallest absolute Gasteiger partial charge is 0.262 e. The van der Waals surface area contributed by atoms with Gasteiger partial charge in [0, 0.05) is 24.9 Å². The average molecular weight is 390 g/mol. The van der Waals surface area contributed by atoms with Gasteiger partial charge in [0.05, 0.1) is 16.6 Å². The zero-order valence-corrected chi connectivity index (χ0v) is 16.3. The van der Waals surface area contributed by atoms with Gasteiger partial charge in [-0.1, -0.05) is 36.7 Å². The van der Waals surface area contributed by atoms with Gasteiger partial charge >= 0.3 is 0 Å². The van der Waals surface area contributed by atoms with Gasteiger partial charge in [-0.25, -0.2) is 5.01 Å². The van der Waals surface area contributed by atoms with Gasteiger partial charge in [0.25, 0.3) is 5.91 Å². The molecule has 0 saturated heterocycles. The van der Waals surface area contributed by atoms with E-state index < -0.39 is 0 Å². The van der Waals surface area contributed by atoms with Crippen LogP contribution in [0.1, 0.15) is 36.2 Å². The maximum atomic E-state index is 12.8. The fourth-order valence-corrected chi connectivity index (χ4v) is 3.76. The second-order valence-electron chi connectivity index (χ2n) is 6.14. The Morgan fingerprint density at radius 2 is 2.04 bits per heavy atom. The minimum absolute atomic E-state index is 0.0119. The number of halogens is 1. The van der Waals surface area contributed by atoms with Crippen LogP contribution in [-0.4, -0.2) is 41.0 Å². The zero-order chi connectivity index (χ0) is 18.7. The molecule has 2 aromatic rings. The quantitative estimate of drug-likeness (QED) is 0.777. The molecule has 0 spiro atoms. The highest BCUT2D eigenvalue weighted by molar-refractivity contribution is 7.12. The largest absolute Gasteiger partial charge is 0.336 e. The van der Waals surface area contributed by atoms with Crippen LogP contribution >= 0.6 is 22.9 Å². The third-order valence-corrected chi connectivity index (χ3v) is 5.50. The number of likely N-dealkylation sites (N-methyl/N-ethyl adjacent to an activating group) is 1. The number of hydrogen-bond acceptors (Lipinski definition) is 4. The van der Waals surface area contributed by atoms with E-state index >= 15 is 0 Å². The van der Waals surface area contributed by atoms with Crippen LogP contribution in [0.4, 0.5) is 0 Å². The van der Waals surface area contributed by atoms with E-state index in [0.29, 0.717) is 17.9 Å². The fourth-order valence-electron chi connectivity index (χ4n) is 2.91. The topological polar surface area (TPSA) is 53.0 Å². The fraction of sp³-hybridized carbons (Fsp3) is 0.316. The van der Waals surface area contributed by atoms with E-state index in [2.05, 4.69) is 5.10 Å². The number of thiophene rings is 1. The van der Waals surface area contributed by atoms with E-state index in [0.717, 1.165) is 16.2 Å². The van der Waals surface area contributed by atoms with Crippen molar-refractivity contribution in [2.45, 2.75) is 25.8 Å². The van der Waals surface area contributed by atoms with Crippen molar-refractivity contribution in [3.63, 3.8) is 0 Å². The van der Waals surface area contributed by atoms with Crippen molar-refractivity contribution in [2.24, 2.45) is 5.10 Å². The molecule has 3 rings (SSSR count). The Labute approximate surface area is 161 Å². The van der Waals surface area contributed by atoms with Crippen LogP contribution in [0.3, 0.4) is 0 Å². The maximum Gasteiger partial charge on any atom is 0.262 e. The number of benzene rings is 1. The summed E-state index contributed by atoms with van der Waals surface area (Å²) in [6.45, 7) is 1.79. The van der Waals surface area contributed by atoms with E-state index in [4.69, 9.17) is 11.6 Å².